The number of primary amides is 1. The number of nitrogens with one attached hydrogen (secondary N) is 2. The maximum atomic E-state index is 13.5. The Labute approximate surface area is 212 Å². The zero-order chi connectivity index (χ0) is 26.3. The van der Waals surface area contributed by atoms with Crippen molar-refractivity contribution in [1.29, 1.82) is 0 Å². The van der Waals surface area contributed by atoms with E-state index < -0.39 is 17.1 Å². The monoisotopic (exact) mass is 501 g/mol. The van der Waals surface area contributed by atoms with E-state index in [4.69, 9.17) is 15.2 Å². The van der Waals surface area contributed by atoms with Gasteiger partial charge in [-0.15, -0.1) is 0 Å². The minimum absolute atomic E-state index is 0.00248. The predicted octanol–water partition coefficient (Wildman–Crippen LogP) is 2.93. The van der Waals surface area contributed by atoms with Crippen LogP contribution in [0.15, 0.2) is 12.3 Å². The van der Waals surface area contributed by atoms with E-state index in [1.165, 1.54) is 10.9 Å². The number of nitrogens with two attached hydrogens (primary N) is 1. The van der Waals surface area contributed by atoms with Gasteiger partial charge in [-0.1, -0.05) is 19.9 Å². The molecule has 0 radical (unpaired) electrons. The molecule has 0 aliphatic heterocycles. The fourth-order valence-corrected chi connectivity index (χ4v) is 6.41. The fourth-order valence-electron chi connectivity index (χ4n) is 6.41. The zero-order valence-electron chi connectivity index (χ0n) is 21.9. The minimum Gasteiger partial charge on any atom is -0.477 e. The highest BCUT2D eigenvalue weighted by molar-refractivity contribution is 5.96. The summed E-state index contributed by atoms with van der Waals surface area (Å²) in [6, 6.07) is 0.00248. The van der Waals surface area contributed by atoms with Crippen molar-refractivity contribution in [3.63, 3.8) is 0 Å². The lowest BCUT2D eigenvalue weighted by molar-refractivity contribution is -0.137. The molecule has 3 amide bonds. The number of nitrogens with zero attached hydrogens (tertiary/aromatic N) is 2. The summed E-state index contributed by atoms with van der Waals surface area (Å²) in [5.41, 5.74) is 4.48. The topological polar surface area (TPSA) is 138 Å². The van der Waals surface area contributed by atoms with Crippen molar-refractivity contribution in [3.05, 3.63) is 17.8 Å². The van der Waals surface area contributed by atoms with Gasteiger partial charge in [-0.2, -0.15) is 5.10 Å². The number of ether oxygens (including phenoxy) is 2. The summed E-state index contributed by atoms with van der Waals surface area (Å²) in [4.78, 5) is 37.2. The van der Waals surface area contributed by atoms with Gasteiger partial charge in [0.25, 0.3) is 5.91 Å². The molecular weight excluding hydrogens is 462 g/mol. The highest BCUT2D eigenvalue weighted by atomic mass is 16.6. The second kappa shape index (κ2) is 9.78. The average molecular weight is 502 g/mol. The van der Waals surface area contributed by atoms with Crippen molar-refractivity contribution >= 4 is 24.1 Å². The Bertz CT molecular complexity index is 1030. The summed E-state index contributed by atoms with van der Waals surface area (Å²) >= 11 is 0. The van der Waals surface area contributed by atoms with Gasteiger partial charge in [0, 0.05) is 19.3 Å². The number of rotatable bonds is 9. The van der Waals surface area contributed by atoms with Gasteiger partial charge in [-0.05, 0) is 69.6 Å². The number of hydrogen-bond acceptors (Lipinski definition) is 6. The molecule has 2 unspecified atom stereocenters. The SMILES string of the molecule is CNC(=O)C(C)(C)C=Cn1ncc(C(=O)NC2C3CC4CC2CC(OC(N)=O)(C4)C3)c1OCC(C)C. The number of carbonyl (C=O) groups excluding carboxylic acids is 3. The standard InChI is InChI=1S/C26H39N5O5/c1-15(2)14-35-22-19(13-29-31(22)7-6-25(3,4)23(33)28-5)21(32)30-20-17-8-16-9-18(20)12-26(10-16,11-17)36-24(27)34/h6-7,13,15-18,20H,8-12,14H2,1-5H3,(H2,27,34)(H,28,33)(H,30,32). The second-order valence-electron chi connectivity index (χ2n) is 11.7. The molecule has 4 N–H and O–H groups in total. The predicted molar refractivity (Wildman–Crippen MR) is 134 cm³/mol. The van der Waals surface area contributed by atoms with Gasteiger partial charge < -0.3 is 25.8 Å². The highest BCUT2D eigenvalue weighted by Gasteiger charge is 2.57. The van der Waals surface area contributed by atoms with Gasteiger partial charge in [0.05, 0.1) is 18.2 Å². The molecule has 0 aromatic carbocycles. The normalized spacial score (nSPS) is 28.9. The molecule has 4 aliphatic rings. The first-order chi connectivity index (χ1) is 16.9. The van der Waals surface area contributed by atoms with Crippen molar-refractivity contribution in [1.82, 2.24) is 20.4 Å². The third kappa shape index (κ3) is 5.22. The Morgan fingerprint density at radius 2 is 1.92 bits per heavy atom. The van der Waals surface area contributed by atoms with E-state index >= 15 is 0 Å². The van der Waals surface area contributed by atoms with E-state index in [9.17, 15) is 14.4 Å². The molecular formula is C26H39N5O5. The van der Waals surface area contributed by atoms with Crippen LogP contribution in [0, 0.1) is 29.1 Å². The molecule has 4 aliphatic carbocycles. The molecule has 2 atom stereocenters. The first-order valence-corrected chi connectivity index (χ1v) is 12.8. The average Bonchev–Trinajstić information content (AvgIpc) is 3.19. The molecule has 10 nitrogen and oxygen atoms in total. The van der Waals surface area contributed by atoms with E-state index in [0.29, 0.717) is 24.0 Å². The van der Waals surface area contributed by atoms with Crippen LogP contribution in [0.3, 0.4) is 0 Å². The number of carbonyl (C=O) groups is 3. The van der Waals surface area contributed by atoms with Crippen LogP contribution < -0.4 is 21.1 Å². The van der Waals surface area contributed by atoms with Crippen molar-refractivity contribution < 1.29 is 23.9 Å². The molecule has 4 saturated carbocycles. The summed E-state index contributed by atoms with van der Waals surface area (Å²) in [6.45, 7) is 8.08. The Morgan fingerprint density at radius 1 is 1.25 bits per heavy atom. The molecule has 1 heterocycles. The summed E-state index contributed by atoms with van der Waals surface area (Å²) in [5, 5.41) is 10.3. The van der Waals surface area contributed by atoms with E-state index in [2.05, 4.69) is 15.7 Å². The molecule has 4 bridgehead atoms. The van der Waals surface area contributed by atoms with Crippen molar-refractivity contribution in [2.24, 2.45) is 34.8 Å². The number of aromatic nitrogens is 2. The van der Waals surface area contributed by atoms with Crippen LogP contribution >= 0.6 is 0 Å². The Hall–Kier alpha value is -3.04. The largest absolute Gasteiger partial charge is 0.477 e. The maximum Gasteiger partial charge on any atom is 0.405 e. The molecule has 36 heavy (non-hydrogen) atoms. The molecule has 10 heteroatoms. The van der Waals surface area contributed by atoms with Gasteiger partial charge in [0.2, 0.25) is 11.8 Å². The third-order valence-electron chi connectivity index (χ3n) is 7.82. The number of hydrogen-bond donors (Lipinski definition) is 3. The van der Waals surface area contributed by atoms with Crippen LogP contribution in [0.1, 0.15) is 70.2 Å². The Kier molecular flexibility index (Phi) is 7.07. The smallest absolute Gasteiger partial charge is 0.405 e. The molecule has 1 aromatic heterocycles. The van der Waals surface area contributed by atoms with E-state index in [1.54, 1.807) is 33.2 Å². The van der Waals surface area contributed by atoms with Crippen molar-refractivity contribution in [2.45, 2.75) is 71.4 Å². The molecule has 0 spiro atoms. The summed E-state index contributed by atoms with van der Waals surface area (Å²) in [6.07, 6.45) is 8.52. The van der Waals surface area contributed by atoms with Crippen LogP contribution in [0.2, 0.25) is 0 Å². The van der Waals surface area contributed by atoms with Crippen LogP contribution in [-0.2, 0) is 9.53 Å². The maximum absolute atomic E-state index is 13.5. The van der Waals surface area contributed by atoms with Crippen LogP contribution in [0.5, 0.6) is 5.88 Å². The molecule has 198 valence electrons. The lowest BCUT2D eigenvalue weighted by atomic mass is 9.52. The van der Waals surface area contributed by atoms with Gasteiger partial charge in [-0.3, -0.25) is 9.59 Å². The molecule has 5 rings (SSSR count). The summed E-state index contributed by atoms with van der Waals surface area (Å²) in [5.74, 6) is 1.21. The van der Waals surface area contributed by atoms with Gasteiger partial charge >= 0.3 is 6.09 Å². The van der Waals surface area contributed by atoms with Crippen LogP contribution in [0.4, 0.5) is 4.79 Å². The molecule has 1 aromatic rings. The summed E-state index contributed by atoms with van der Waals surface area (Å²) < 4.78 is 13.1. The first-order valence-electron chi connectivity index (χ1n) is 12.8. The van der Waals surface area contributed by atoms with Crippen molar-refractivity contribution in [2.75, 3.05) is 13.7 Å². The van der Waals surface area contributed by atoms with Crippen LogP contribution in [-0.4, -0.2) is 53.0 Å². The van der Waals surface area contributed by atoms with Crippen molar-refractivity contribution in [3.8, 4) is 5.88 Å². The lowest BCUT2D eigenvalue weighted by Crippen LogP contribution is -2.63. The second-order valence-corrected chi connectivity index (χ2v) is 11.7. The quantitative estimate of drug-likeness (QED) is 0.476. The molecule has 0 saturated heterocycles. The Morgan fingerprint density at radius 3 is 2.50 bits per heavy atom. The lowest BCUT2D eigenvalue weighted by Gasteiger charge is -2.58. The van der Waals surface area contributed by atoms with E-state index in [1.807, 2.05) is 13.8 Å². The Balaban J connectivity index is 1.53. The van der Waals surface area contributed by atoms with Gasteiger partial charge in [-0.25, -0.2) is 9.48 Å². The summed E-state index contributed by atoms with van der Waals surface area (Å²) in [7, 11) is 1.59. The molecule has 4 fully saturated rings. The first kappa shape index (κ1) is 26.0. The van der Waals surface area contributed by atoms with Gasteiger partial charge in [0.1, 0.15) is 11.2 Å². The third-order valence-corrected chi connectivity index (χ3v) is 7.82. The highest BCUT2D eigenvalue weighted by Crippen LogP contribution is 2.57. The van der Waals surface area contributed by atoms with Crippen LogP contribution in [0.25, 0.3) is 6.20 Å². The van der Waals surface area contributed by atoms with Gasteiger partial charge in [0.15, 0.2) is 0 Å². The fraction of sp³-hybridized carbons (Fsp3) is 0.692. The zero-order valence-corrected chi connectivity index (χ0v) is 21.9. The number of amides is 3. The van der Waals surface area contributed by atoms with E-state index in [0.717, 1.165) is 32.1 Å². The van der Waals surface area contributed by atoms with E-state index in [-0.39, 0.29) is 35.6 Å². The minimum atomic E-state index is -0.762.